The Morgan fingerprint density at radius 3 is 2.60 bits per heavy atom. The highest BCUT2D eigenvalue weighted by Gasteiger charge is 2.34. The normalized spacial score (nSPS) is 27.6. The van der Waals surface area contributed by atoms with Gasteiger partial charge >= 0.3 is 0 Å². The van der Waals surface area contributed by atoms with Gasteiger partial charge in [0.25, 0.3) is 0 Å². The first-order valence-electron chi connectivity index (χ1n) is 7.48. The van der Waals surface area contributed by atoms with Crippen molar-refractivity contribution in [2.24, 2.45) is 17.1 Å². The lowest BCUT2D eigenvalue weighted by Crippen LogP contribution is -2.41. The number of hydrogen-bond acceptors (Lipinski definition) is 2. The van der Waals surface area contributed by atoms with Crippen molar-refractivity contribution in [1.82, 2.24) is 0 Å². The third-order valence-corrected chi connectivity index (χ3v) is 6.29. The van der Waals surface area contributed by atoms with Gasteiger partial charge in [0, 0.05) is 22.1 Å². The van der Waals surface area contributed by atoms with Crippen molar-refractivity contribution >= 4 is 23.4 Å². The molecule has 0 aromatic heterocycles. The number of rotatable bonds is 3. The summed E-state index contributed by atoms with van der Waals surface area (Å²) in [6.45, 7) is 7.05. The first-order valence-corrected chi connectivity index (χ1v) is 8.91. The molecule has 0 aliphatic heterocycles. The molecule has 0 radical (unpaired) electrons. The molecule has 1 saturated carbocycles. The Morgan fingerprint density at radius 2 is 1.95 bits per heavy atom. The molecule has 20 heavy (non-hydrogen) atoms. The van der Waals surface area contributed by atoms with Gasteiger partial charge in [0.05, 0.1) is 0 Å². The van der Waals surface area contributed by atoms with Crippen LogP contribution in [0, 0.1) is 11.3 Å². The van der Waals surface area contributed by atoms with E-state index in [2.05, 4.69) is 32.9 Å². The first-order chi connectivity index (χ1) is 9.38. The molecule has 1 fully saturated rings. The predicted octanol–water partition coefficient (Wildman–Crippen LogP) is 5.12. The Bertz CT molecular complexity index is 441. The van der Waals surface area contributed by atoms with Crippen molar-refractivity contribution in [2.75, 3.05) is 0 Å². The lowest BCUT2D eigenvalue weighted by Gasteiger charge is -2.40. The van der Waals surface area contributed by atoms with Crippen LogP contribution in [0.3, 0.4) is 0 Å². The molecule has 3 atom stereocenters. The molecule has 1 aromatic carbocycles. The van der Waals surface area contributed by atoms with E-state index in [9.17, 15) is 0 Å². The van der Waals surface area contributed by atoms with Gasteiger partial charge in [0.15, 0.2) is 0 Å². The predicted molar refractivity (Wildman–Crippen MR) is 91.3 cm³/mol. The minimum Gasteiger partial charge on any atom is -0.327 e. The van der Waals surface area contributed by atoms with Crippen LogP contribution < -0.4 is 5.73 Å². The Hall–Kier alpha value is -0.180. The summed E-state index contributed by atoms with van der Waals surface area (Å²) in [4.78, 5) is 0. The van der Waals surface area contributed by atoms with Gasteiger partial charge in [-0.15, -0.1) is 0 Å². The first kappa shape index (κ1) is 16.2. The largest absolute Gasteiger partial charge is 0.327 e. The van der Waals surface area contributed by atoms with Crippen LogP contribution in [0.5, 0.6) is 0 Å². The SMILES string of the molecule is CC(C)(C)C1CCC(N)C(SCc2ccccc2Cl)C1. The smallest absolute Gasteiger partial charge is 0.0446 e. The average molecular weight is 312 g/mol. The van der Waals surface area contributed by atoms with E-state index in [0.29, 0.717) is 16.7 Å². The Kier molecular flexibility index (Phi) is 5.44. The summed E-state index contributed by atoms with van der Waals surface area (Å²) in [7, 11) is 0. The second kappa shape index (κ2) is 6.72. The number of nitrogens with two attached hydrogens (primary N) is 1. The fourth-order valence-electron chi connectivity index (χ4n) is 2.94. The van der Waals surface area contributed by atoms with E-state index < -0.39 is 0 Å². The van der Waals surface area contributed by atoms with E-state index in [0.717, 1.165) is 23.1 Å². The van der Waals surface area contributed by atoms with Gasteiger partial charge in [-0.2, -0.15) is 11.8 Å². The molecule has 0 bridgehead atoms. The van der Waals surface area contributed by atoms with Crippen molar-refractivity contribution in [3.8, 4) is 0 Å². The minimum atomic E-state index is 0.334. The molecule has 0 saturated heterocycles. The highest BCUT2D eigenvalue weighted by Crippen LogP contribution is 2.42. The summed E-state index contributed by atoms with van der Waals surface area (Å²) >= 11 is 8.22. The van der Waals surface area contributed by atoms with Gasteiger partial charge in [0.2, 0.25) is 0 Å². The zero-order valence-corrected chi connectivity index (χ0v) is 14.3. The zero-order chi connectivity index (χ0) is 14.8. The highest BCUT2D eigenvalue weighted by atomic mass is 35.5. The van der Waals surface area contributed by atoms with Crippen LogP contribution >= 0.6 is 23.4 Å². The van der Waals surface area contributed by atoms with Gasteiger partial charge in [-0.3, -0.25) is 0 Å². The fourth-order valence-corrected chi connectivity index (χ4v) is 4.62. The number of benzene rings is 1. The minimum absolute atomic E-state index is 0.334. The van der Waals surface area contributed by atoms with E-state index >= 15 is 0 Å². The summed E-state index contributed by atoms with van der Waals surface area (Å²) in [5, 5.41) is 1.43. The van der Waals surface area contributed by atoms with E-state index in [-0.39, 0.29) is 0 Å². The standard InChI is InChI=1S/C17H26ClNS/c1-17(2,3)13-8-9-15(19)16(10-13)20-11-12-6-4-5-7-14(12)18/h4-7,13,15-16H,8-11,19H2,1-3H3. The number of halogens is 1. The van der Waals surface area contributed by atoms with Crippen LogP contribution in [0.1, 0.15) is 45.6 Å². The zero-order valence-electron chi connectivity index (χ0n) is 12.7. The third kappa shape index (κ3) is 4.16. The van der Waals surface area contributed by atoms with Crippen molar-refractivity contribution in [1.29, 1.82) is 0 Å². The molecule has 3 unspecified atom stereocenters. The summed E-state index contributed by atoms with van der Waals surface area (Å²) in [5.74, 6) is 1.75. The molecule has 1 aliphatic rings. The van der Waals surface area contributed by atoms with Crippen LogP contribution in [0.4, 0.5) is 0 Å². The topological polar surface area (TPSA) is 26.0 Å². The third-order valence-electron chi connectivity index (χ3n) is 4.48. The quantitative estimate of drug-likeness (QED) is 0.839. The van der Waals surface area contributed by atoms with Crippen molar-refractivity contribution < 1.29 is 0 Å². The van der Waals surface area contributed by atoms with Gasteiger partial charge < -0.3 is 5.73 Å². The lowest BCUT2D eigenvalue weighted by atomic mass is 9.71. The second-order valence-electron chi connectivity index (χ2n) is 6.98. The second-order valence-corrected chi connectivity index (χ2v) is 8.62. The summed E-state index contributed by atoms with van der Waals surface area (Å²) in [6.07, 6.45) is 3.66. The summed E-state index contributed by atoms with van der Waals surface area (Å²) < 4.78 is 0. The molecule has 0 spiro atoms. The molecule has 1 aliphatic carbocycles. The number of hydrogen-bond donors (Lipinski definition) is 1. The van der Waals surface area contributed by atoms with Crippen LogP contribution in [-0.2, 0) is 5.75 Å². The van der Waals surface area contributed by atoms with Crippen LogP contribution in [0.15, 0.2) is 24.3 Å². The molecule has 2 rings (SSSR count). The molecule has 2 N–H and O–H groups in total. The van der Waals surface area contributed by atoms with Gasteiger partial charge in [-0.1, -0.05) is 50.6 Å². The van der Waals surface area contributed by atoms with Crippen LogP contribution in [0.2, 0.25) is 5.02 Å². The molecule has 3 heteroatoms. The summed E-state index contributed by atoms with van der Waals surface area (Å²) in [5.41, 5.74) is 7.95. The summed E-state index contributed by atoms with van der Waals surface area (Å²) in [6, 6.07) is 8.46. The molecule has 0 heterocycles. The van der Waals surface area contributed by atoms with E-state index in [4.69, 9.17) is 17.3 Å². The molecule has 112 valence electrons. The monoisotopic (exact) mass is 311 g/mol. The van der Waals surface area contributed by atoms with E-state index in [1.54, 1.807) is 0 Å². The van der Waals surface area contributed by atoms with E-state index in [1.165, 1.54) is 18.4 Å². The van der Waals surface area contributed by atoms with Crippen molar-refractivity contribution in [3.05, 3.63) is 34.9 Å². The van der Waals surface area contributed by atoms with Gasteiger partial charge in [-0.25, -0.2) is 0 Å². The van der Waals surface area contributed by atoms with Crippen molar-refractivity contribution in [3.63, 3.8) is 0 Å². The maximum absolute atomic E-state index is 6.33. The van der Waals surface area contributed by atoms with Crippen molar-refractivity contribution in [2.45, 2.75) is 57.1 Å². The van der Waals surface area contributed by atoms with E-state index in [1.807, 2.05) is 23.9 Å². The molecular formula is C17H26ClNS. The molecule has 1 nitrogen and oxygen atoms in total. The fraction of sp³-hybridized carbons (Fsp3) is 0.647. The Balaban J connectivity index is 1.95. The average Bonchev–Trinajstić information content (AvgIpc) is 2.38. The molecule has 0 amide bonds. The maximum Gasteiger partial charge on any atom is 0.0446 e. The maximum atomic E-state index is 6.33. The number of thioether (sulfide) groups is 1. The lowest BCUT2D eigenvalue weighted by molar-refractivity contribution is 0.174. The van der Waals surface area contributed by atoms with Crippen LogP contribution in [-0.4, -0.2) is 11.3 Å². The van der Waals surface area contributed by atoms with Gasteiger partial charge in [-0.05, 0) is 42.2 Å². The Morgan fingerprint density at radius 1 is 1.25 bits per heavy atom. The highest BCUT2D eigenvalue weighted by molar-refractivity contribution is 7.99. The van der Waals surface area contributed by atoms with Crippen LogP contribution in [0.25, 0.3) is 0 Å². The molecular weight excluding hydrogens is 286 g/mol. The van der Waals surface area contributed by atoms with Gasteiger partial charge in [0.1, 0.15) is 0 Å². The Labute approximate surface area is 132 Å². The molecule has 1 aromatic rings.